The summed E-state index contributed by atoms with van der Waals surface area (Å²) in [6, 6.07) is 2.63. The van der Waals surface area contributed by atoms with E-state index in [1.165, 1.54) is 12.8 Å². The molecule has 126 valence electrons. The fraction of sp³-hybridized carbons (Fsp3) is 0.778. The maximum Gasteiger partial charge on any atom is 0.134 e. The van der Waals surface area contributed by atoms with Crippen LogP contribution in [0.5, 0.6) is 0 Å². The summed E-state index contributed by atoms with van der Waals surface area (Å²) >= 11 is 0. The van der Waals surface area contributed by atoms with Gasteiger partial charge < -0.3 is 15.3 Å². The van der Waals surface area contributed by atoms with Gasteiger partial charge in [0.15, 0.2) is 0 Å². The summed E-state index contributed by atoms with van der Waals surface area (Å²) in [6.07, 6.45) is 4.99. The lowest BCUT2D eigenvalue weighted by Gasteiger charge is -2.21. The van der Waals surface area contributed by atoms with Crippen molar-refractivity contribution in [1.29, 1.82) is 0 Å². The number of aliphatic hydroxyl groups is 1. The quantitative estimate of drug-likeness (QED) is 0.894. The largest absolute Gasteiger partial charge is 0.393 e. The summed E-state index contributed by atoms with van der Waals surface area (Å²) in [5.41, 5.74) is 0.570. The van der Waals surface area contributed by atoms with Crippen molar-refractivity contribution in [1.82, 2.24) is 9.97 Å². The molecular weight excluding hydrogens is 288 g/mol. The minimum absolute atomic E-state index is 0.243. The Hall–Kier alpha value is -1.36. The van der Waals surface area contributed by atoms with Crippen molar-refractivity contribution < 1.29 is 5.11 Å². The summed E-state index contributed by atoms with van der Waals surface area (Å²) in [5, 5.41) is 13.4. The third kappa shape index (κ3) is 2.69. The van der Waals surface area contributed by atoms with Crippen LogP contribution in [0.2, 0.25) is 0 Å². The molecule has 5 nitrogen and oxygen atoms in total. The van der Waals surface area contributed by atoms with Gasteiger partial charge in [0.2, 0.25) is 0 Å². The first kappa shape index (κ1) is 15.2. The van der Waals surface area contributed by atoms with Gasteiger partial charge in [0.25, 0.3) is 0 Å². The van der Waals surface area contributed by atoms with Crippen LogP contribution in [0, 0.1) is 23.2 Å². The van der Waals surface area contributed by atoms with Crippen molar-refractivity contribution in [3.05, 3.63) is 12.4 Å². The molecule has 0 aromatic carbocycles. The van der Waals surface area contributed by atoms with Crippen LogP contribution in [0.3, 0.4) is 0 Å². The van der Waals surface area contributed by atoms with Gasteiger partial charge in [-0.2, -0.15) is 0 Å². The molecule has 1 aromatic heterocycles. The van der Waals surface area contributed by atoms with Crippen LogP contribution in [0.1, 0.15) is 40.0 Å². The molecule has 1 saturated heterocycles. The number of hydrogen-bond donors (Lipinski definition) is 2. The molecule has 3 fully saturated rings. The maximum absolute atomic E-state index is 9.76. The highest BCUT2D eigenvalue weighted by Gasteiger charge is 2.61. The smallest absolute Gasteiger partial charge is 0.134 e. The van der Waals surface area contributed by atoms with Crippen LogP contribution >= 0.6 is 0 Å². The highest BCUT2D eigenvalue weighted by Crippen LogP contribution is 2.66. The van der Waals surface area contributed by atoms with Gasteiger partial charge in [-0.3, -0.25) is 0 Å². The van der Waals surface area contributed by atoms with Crippen molar-refractivity contribution in [2.45, 2.75) is 52.2 Å². The molecule has 2 heterocycles. The lowest BCUT2D eigenvalue weighted by molar-refractivity contribution is 0.136. The Labute approximate surface area is 138 Å². The number of aliphatic hydroxyl groups excluding tert-OH is 1. The van der Waals surface area contributed by atoms with E-state index in [2.05, 4.69) is 40.1 Å². The molecular formula is C18H28N4O. The third-order valence-corrected chi connectivity index (χ3v) is 6.60. The van der Waals surface area contributed by atoms with E-state index in [1.54, 1.807) is 6.33 Å². The minimum atomic E-state index is -0.243. The molecule has 3 aliphatic rings. The van der Waals surface area contributed by atoms with Crippen LogP contribution in [0.4, 0.5) is 11.6 Å². The van der Waals surface area contributed by atoms with Crippen molar-refractivity contribution in [2.24, 2.45) is 23.2 Å². The molecule has 2 aliphatic carbocycles. The predicted octanol–water partition coefficient (Wildman–Crippen LogP) is 2.53. The van der Waals surface area contributed by atoms with Crippen molar-refractivity contribution >= 4 is 11.6 Å². The van der Waals surface area contributed by atoms with E-state index in [9.17, 15) is 5.11 Å². The Morgan fingerprint density at radius 1 is 1.30 bits per heavy atom. The molecule has 2 N–H and O–H groups in total. The Morgan fingerprint density at radius 2 is 2.04 bits per heavy atom. The average molecular weight is 316 g/mol. The summed E-state index contributed by atoms with van der Waals surface area (Å²) in [5.74, 6) is 4.07. The lowest BCUT2D eigenvalue weighted by atomic mass is 9.98. The first-order valence-corrected chi connectivity index (χ1v) is 8.96. The Morgan fingerprint density at radius 3 is 2.70 bits per heavy atom. The topological polar surface area (TPSA) is 61.3 Å². The summed E-state index contributed by atoms with van der Waals surface area (Å²) in [4.78, 5) is 11.1. The Balaban J connectivity index is 1.38. The number of fused-ring (bicyclic) bond motifs is 1. The van der Waals surface area contributed by atoms with Crippen molar-refractivity contribution in [3.63, 3.8) is 0 Å². The Kier molecular flexibility index (Phi) is 3.52. The minimum Gasteiger partial charge on any atom is -0.393 e. The zero-order valence-electron chi connectivity index (χ0n) is 14.4. The van der Waals surface area contributed by atoms with E-state index in [4.69, 9.17) is 0 Å². The predicted molar refractivity (Wildman–Crippen MR) is 91.4 cm³/mol. The van der Waals surface area contributed by atoms with Crippen LogP contribution in [-0.4, -0.2) is 40.3 Å². The van der Waals surface area contributed by atoms with Gasteiger partial charge >= 0.3 is 0 Å². The third-order valence-electron chi connectivity index (χ3n) is 6.60. The Bertz CT molecular complexity index is 574. The normalized spacial score (nSPS) is 35.9. The molecule has 2 saturated carbocycles. The van der Waals surface area contributed by atoms with Gasteiger partial charge in [0, 0.05) is 31.1 Å². The molecule has 0 radical (unpaired) electrons. The van der Waals surface area contributed by atoms with Crippen molar-refractivity contribution in [2.75, 3.05) is 23.3 Å². The first-order chi connectivity index (χ1) is 10.9. The number of aromatic nitrogens is 2. The van der Waals surface area contributed by atoms with Gasteiger partial charge in [-0.1, -0.05) is 13.8 Å². The fourth-order valence-electron chi connectivity index (χ4n) is 4.82. The number of nitrogens with zero attached hydrogens (tertiary/aromatic N) is 3. The molecule has 5 atom stereocenters. The van der Waals surface area contributed by atoms with Crippen LogP contribution in [0.25, 0.3) is 0 Å². The van der Waals surface area contributed by atoms with Crippen molar-refractivity contribution in [3.8, 4) is 0 Å². The van der Waals surface area contributed by atoms with Gasteiger partial charge in [0.1, 0.15) is 18.0 Å². The zero-order valence-corrected chi connectivity index (χ0v) is 14.4. The number of anilines is 2. The number of rotatable bonds is 4. The molecule has 0 bridgehead atoms. The molecule has 23 heavy (non-hydrogen) atoms. The fourth-order valence-corrected chi connectivity index (χ4v) is 4.82. The summed E-state index contributed by atoms with van der Waals surface area (Å²) in [7, 11) is 0. The van der Waals surface area contributed by atoms with E-state index >= 15 is 0 Å². The molecule has 0 amide bonds. The standard InChI is InChI=1S/C18H28N4O/c1-11(23)12-4-5-22(9-12)17-8-16(19-10-20-17)21-13-6-14-15(7-13)18(14,2)3/h8,10-15,23H,4-7,9H2,1-3H3,(H,19,20,21)/t11?,12?,13?,14-,15+. The van der Waals surface area contributed by atoms with Gasteiger partial charge in [-0.05, 0) is 43.4 Å². The van der Waals surface area contributed by atoms with E-state index in [0.29, 0.717) is 17.4 Å². The van der Waals surface area contributed by atoms with Crippen LogP contribution in [-0.2, 0) is 0 Å². The van der Waals surface area contributed by atoms with E-state index < -0.39 is 0 Å². The molecule has 4 rings (SSSR count). The second-order valence-corrected chi connectivity index (χ2v) is 8.34. The molecule has 1 aliphatic heterocycles. The lowest BCUT2D eigenvalue weighted by Crippen LogP contribution is -2.25. The van der Waals surface area contributed by atoms with Crippen LogP contribution < -0.4 is 10.2 Å². The first-order valence-electron chi connectivity index (χ1n) is 8.96. The highest BCUT2D eigenvalue weighted by molar-refractivity contribution is 5.50. The summed E-state index contributed by atoms with van der Waals surface area (Å²) in [6.45, 7) is 8.53. The monoisotopic (exact) mass is 316 g/mol. The molecule has 5 heteroatoms. The average Bonchev–Trinajstić information content (AvgIpc) is 2.99. The number of hydrogen-bond acceptors (Lipinski definition) is 5. The molecule has 3 unspecified atom stereocenters. The van der Waals surface area contributed by atoms with E-state index in [0.717, 1.165) is 43.0 Å². The zero-order chi connectivity index (χ0) is 16.2. The molecule has 0 spiro atoms. The number of nitrogens with one attached hydrogen (secondary N) is 1. The van der Waals surface area contributed by atoms with E-state index in [-0.39, 0.29) is 6.10 Å². The van der Waals surface area contributed by atoms with Gasteiger partial charge in [-0.25, -0.2) is 9.97 Å². The van der Waals surface area contributed by atoms with Gasteiger partial charge in [0.05, 0.1) is 6.10 Å². The van der Waals surface area contributed by atoms with Gasteiger partial charge in [-0.15, -0.1) is 0 Å². The van der Waals surface area contributed by atoms with E-state index in [1.807, 2.05) is 6.92 Å². The second kappa shape index (κ2) is 5.33. The molecule has 1 aromatic rings. The SMILES string of the molecule is CC(O)C1CCN(c2cc(NC3C[C@@H]4[C@H](C3)C4(C)C)ncn2)C1. The second-order valence-electron chi connectivity index (χ2n) is 8.34. The highest BCUT2D eigenvalue weighted by atomic mass is 16.3. The summed E-state index contributed by atoms with van der Waals surface area (Å²) < 4.78 is 0. The van der Waals surface area contributed by atoms with Crippen LogP contribution in [0.15, 0.2) is 12.4 Å². The maximum atomic E-state index is 9.76.